The van der Waals surface area contributed by atoms with Crippen LogP contribution in [0.15, 0.2) is 83.5 Å². The number of hydrogen-bond acceptors (Lipinski definition) is 2. The van der Waals surface area contributed by atoms with E-state index in [1.54, 1.807) is 6.26 Å². The van der Waals surface area contributed by atoms with Gasteiger partial charge in [-0.25, -0.2) is 4.98 Å². The van der Waals surface area contributed by atoms with Crippen molar-refractivity contribution in [1.29, 1.82) is 0 Å². The summed E-state index contributed by atoms with van der Waals surface area (Å²) in [5.74, 6) is 0.728. The maximum absolute atomic E-state index is 6.01. The van der Waals surface area contributed by atoms with Crippen LogP contribution >= 0.6 is 23.2 Å². The summed E-state index contributed by atoms with van der Waals surface area (Å²) in [5, 5.41) is 1.41. The lowest BCUT2D eigenvalue weighted by molar-refractivity contribution is 0.580. The minimum atomic E-state index is 0.698. The maximum atomic E-state index is 6.01. The van der Waals surface area contributed by atoms with Gasteiger partial charge in [-0.05, 0) is 59.7 Å². The molecule has 25 heavy (non-hydrogen) atoms. The largest absolute Gasteiger partial charge is 0.463 e. The number of hydrogen-bond donors (Lipinski definition) is 0. The molecule has 2 nitrogen and oxygen atoms in total. The summed E-state index contributed by atoms with van der Waals surface area (Å²) in [6.45, 7) is 0. The van der Waals surface area contributed by atoms with Crippen LogP contribution in [0.2, 0.25) is 10.0 Å². The van der Waals surface area contributed by atoms with Gasteiger partial charge in [0.25, 0.3) is 0 Å². The van der Waals surface area contributed by atoms with Crippen LogP contribution in [0.5, 0.6) is 0 Å². The third-order valence-electron chi connectivity index (χ3n) is 3.92. The van der Waals surface area contributed by atoms with E-state index in [1.807, 2.05) is 66.7 Å². The fourth-order valence-corrected chi connectivity index (χ4v) is 2.91. The monoisotopic (exact) mass is 365 g/mol. The highest BCUT2D eigenvalue weighted by Gasteiger charge is 2.10. The number of halogens is 2. The van der Waals surface area contributed by atoms with Crippen LogP contribution in [0.4, 0.5) is 0 Å². The Kier molecular flexibility index (Phi) is 4.31. The third kappa shape index (κ3) is 3.46. The summed E-state index contributed by atoms with van der Waals surface area (Å²) >= 11 is 12.0. The quantitative estimate of drug-likeness (QED) is 0.391. The molecule has 4 rings (SSSR count). The van der Waals surface area contributed by atoms with E-state index >= 15 is 0 Å². The molecule has 122 valence electrons. The van der Waals surface area contributed by atoms with Gasteiger partial charge in [-0.3, -0.25) is 0 Å². The van der Waals surface area contributed by atoms with E-state index in [4.69, 9.17) is 32.6 Å². The predicted octanol–water partition coefficient (Wildman–Crippen LogP) is 6.98. The Hall–Kier alpha value is -2.55. The van der Waals surface area contributed by atoms with Gasteiger partial charge in [0.1, 0.15) is 5.69 Å². The van der Waals surface area contributed by atoms with Crippen molar-refractivity contribution in [3.05, 3.63) is 89.1 Å². The molecule has 0 aliphatic carbocycles. The molecule has 4 aromatic rings. The highest BCUT2D eigenvalue weighted by atomic mass is 35.5. The predicted molar refractivity (Wildman–Crippen MR) is 103 cm³/mol. The van der Waals surface area contributed by atoms with Gasteiger partial charge >= 0.3 is 0 Å². The van der Waals surface area contributed by atoms with Crippen LogP contribution in [0, 0.1) is 0 Å². The van der Waals surface area contributed by atoms with Crippen molar-refractivity contribution in [1.82, 2.24) is 4.98 Å². The Morgan fingerprint density at radius 2 is 1.24 bits per heavy atom. The third-order valence-corrected chi connectivity index (χ3v) is 4.42. The molecule has 4 heteroatoms. The molecule has 0 aliphatic heterocycles. The molecule has 0 atom stereocenters. The van der Waals surface area contributed by atoms with Gasteiger partial charge in [-0.15, -0.1) is 0 Å². The molecular weight excluding hydrogens is 353 g/mol. The van der Waals surface area contributed by atoms with Gasteiger partial charge in [0.2, 0.25) is 0 Å². The Morgan fingerprint density at radius 1 is 0.640 bits per heavy atom. The van der Waals surface area contributed by atoms with E-state index in [0.29, 0.717) is 10.0 Å². The van der Waals surface area contributed by atoms with Gasteiger partial charge in [0, 0.05) is 15.6 Å². The van der Waals surface area contributed by atoms with Gasteiger partial charge in [-0.1, -0.05) is 47.5 Å². The molecule has 0 amide bonds. The van der Waals surface area contributed by atoms with Crippen LogP contribution in [0.25, 0.3) is 33.8 Å². The van der Waals surface area contributed by atoms with Crippen LogP contribution in [-0.2, 0) is 0 Å². The van der Waals surface area contributed by atoms with Crippen molar-refractivity contribution in [2.75, 3.05) is 0 Å². The minimum absolute atomic E-state index is 0.698. The molecule has 0 N–H and O–H groups in total. The lowest BCUT2D eigenvalue weighted by Gasteiger charge is -2.09. The highest BCUT2D eigenvalue weighted by molar-refractivity contribution is 6.30. The van der Waals surface area contributed by atoms with Crippen molar-refractivity contribution in [3.63, 3.8) is 0 Å². The summed E-state index contributed by atoms with van der Waals surface area (Å²) < 4.78 is 5.53. The summed E-state index contributed by atoms with van der Waals surface area (Å²) in [5.41, 5.74) is 4.74. The van der Waals surface area contributed by atoms with Crippen molar-refractivity contribution < 1.29 is 4.42 Å². The topological polar surface area (TPSA) is 26.0 Å². The summed E-state index contributed by atoms with van der Waals surface area (Å²) in [7, 11) is 0. The van der Waals surface area contributed by atoms with Crippen molar-refractivity contribution in [2.24, 2.45) is 0 Å². The first-order valence-electron chi connectivity index (χ1n) is 7.77. The zero-order valence-electron chi connectivity index (χ0n) is 13.1. The van der Waals surface area contributed by atoms with Crippen molar-refractivity contribution in [2.45, 2.75) is 0 Å². The molecule has 2 heterocycles. The zero-order chi connectivity index (χ0) is 17.2. The summed E-state index contributed by atoms with van der Waals surface area (Å²) in [4.78, 5) is 4.76. The molecule has 0 spiro atoms. The van der Waals surface area contributed by atoms with Gasteiger partial charge in [0.15, 0.2) is 5.76 Å². The molecule has 0 radical (unpaired) electrons. The second kappa shape index (κ2) is 6.75. The fourth-order valence-electron chi connectivity index (χ4n) is 2.66. The Bertz CT molecular complexity index is 928. The molecule has 0 saturated carbocycles. The molecule has 0 saturated heterocycles. The molecule has 2 aromatic carbocycles. The van der Waals surface area contributed by atoms with Crippen LogP contribution < -0.4 is 0 Å². The first-order valence-corrected chi connectivity index (χ1v) is 8.52. The van der Waals surface area contributed by atoms with Crippen molar-refractivity contribution >= 4 is 23.2 Å². The number of pyridine rings is 1. The second-order valence-corrected chi connectivity index (χ2v) is 6.49. The van der Waals surface area contributed by atoms with E-state index in [1.165, 1.54) is 0 Å². The first kappa shape index (κ1) is 15.9. The normalized spacial score (nSPS) is 10.8. The zero-order valence-corrected chi connectivity index (χ0v) is 14.6. The standard InChI is InChI=1S/C21H13Cl2NO/c22-17-7-3-14(4-8-17)16-12-19(15-5-9-18(23)10-6-15)24-20(13-16)21-2-1-11-25-21/h1-13H. The smallest absolute Gasteiger partial charge is 0.152 e. The Morgan fingerprint density at radius 3 is 1.84 bits per heavy atom. The van der Waals surface area contributed by atoms with Crippen LogP contribution in [-0.4, -0.2) is 4.98 Å². The lowest BCUT2D eigenvalue weighted by Crippen LogP contribution is -1.90. The molecule has 0 fully saturated rings. The van der Waals surface area contributed by atoms with E-state index in [9.17, 15) is 0 Å². The molecular formula is C21H13Cl2NO. The number of rotatable bonds is 3. The first-order chi connectivity index (χ1) is 12.2. The van der Waals surface area contributed by atoms with Gasteiger partial charge < -0.3 is 4.42 Å². The maximum Gasteiger partial charge on any atom is 0.152 e. The number of aromatic nitrogens is 1. The SMILES string of the molecule is Clc1ccc(-c2cc(-c3ccc(Cl)cc3)nc(-c3ccco3)c2)cc1. The average molecular weight is 366 g/mol. The molecule has 2 aromatic heterocycles. The Balaban J connectivity index is 1.88. The summed E-state index contributed by atoms with van der Waals surface area (Å²) in [6, 6.07) is 23.2. The van der Waals surface area contributed by atoms with E-state index in [-0.39, 0.29) is 0 Å². The molecule has 0 unspecified atom stereocenters. The van der Waals surface area contributed by atoms with Gasteiger partial charge in [-0.2, -0.15) is 0 Å². The number of furan rings is 1. The van der Waals surface area contributed by atoms with Crippen LogP contribution in [0.1, 0.15) is 0 Å². The lowest BCUT2D eigenvalue weighted by atomic mass is 10.0. The Labute approximate surface area is 155 Å². The fraction of sp³-hybridized carbons (Fsp3) is 0. The number of benzene rings is 2. The van der Waals surface area contributed by atoms with Gasteiger partial charge in [0.05, 0.1) is 12.0 Å². The average Bonchev–Trinajstić information content (AvgIpc) is 3.17. The van der Waals surface area contributed by atoms with Crippen LogP contribution in [0.3, 0.4) is 0 Å². The summed E-state index contributed by atoms with van der Waals surface area (Å²) in [6.07, 6.45) is 1.65. The van der Waals surface area contributed by atoms with E-state index in [2.05, 4.69) is 6.07 Å². The second-order valence-electron chi connectivity index (χ2n) is 5.62. The molecule has 0 aliphatic rings. The highest BCUT2D eigenvalue weighted by Crippen LogP contribution is 2.31. The minimum Gasteiger partial charge on any atom is -0.463 e. The van der Waals surface area contributed by atoms with E-state index in [0.717, 1.165) is 33.8 Å². The van der Waals surface area contributed by atoms with Crippen molar-refractivity contribution in [3.8, 4) is 33.8 Å². The molecule has 0 bridgehead atoms. The van der Waals surface area contributed by atoms with E-state index < -0.39 is 0 Å². The number of nitrogens with zero attached hydrogens (tertiary/aromatic N) is 1.